The van der Waals surface area contributed by atoms with E-state index in [9.17, 15) is 4.79 Å². The van der Waals surface area contributed by atoms with Gasteiger partial charge >= 0.3 is 0 Å². The number of hydrogen-bond acceptors (Lipinski definition) is 2. The summed E-state index contributed by atoms with van der Waals surface area (Å²) in [6, 6.07) is 7.29. The summed E-state index contributed by atoms with van der Waals surface area (Å²) < 4.78 is 0. The number of nitrogens with one attached hydrogen (secondary N) is 1. The van der Waals surface area contributed by atoms with Crippen molar-refractivity contribution in [2.75, 3.05) is 19.6 Å². The van der Waals surface area contributed by atoms with E-state index in [0.717, 1.165) is 31.2 Å². The molecule has 1 heterocycles. The monoisotopic (exact) mass is 402 g/mol. The second kappa shape index (κ2) is 8.86. The third-order valence-electron chi connectivity index (χ3n) is 3.39. The standard InChI is InChI=1S/C15H22N4O.HI/c1-2-17-15(19-9-3-4-10-19)18-11-12-5-7-13(8-6-12)14(16)20;/h5-8H,2-4,9-11H2,1H3,(H2,16,20)(H,17,18);1H. The third-order valence-corrected chi connectivity index (χ3v) is 3.39. The molecule has 2 rings (SSSR count). The number of halogens is 1. The minimum absolute atomic E-state index is 0. The van der Waals surface area contributed by atoms with E-state index in [1.165, 1.54) is 12.8 Å². The molecule has 0 atom stereocenters. The van der Waals surface area contributed by atoms with Crippen molar-refractivity contribution < 1.29 is 4.79 Å². The predicted octanol–water partition coefficient (Wildman–Crippen LogP) is 1.96. The van der Waals surface area contributed by atoms with Crippen LogP contribution in [0.15, 0.2) is 29.3 Å². The van der Waals surface area contributed by atoms with Crippen LogP contribution in [-0.4, -0.2) is 36.4 Å². The van der Waals surface area contributed by atoms with E-state index in [4.69, 9.17) is 5.73 Å². The van der Waals surface area contributed by atoms with Crippen molar-refractivity contribution in [3.8, 4) is 0 Å². The number of benzene rings is 1. The maximum absolute atomic E-state index is 11.0. The second-order valence-corrected chi connectivity index (χ2v) is 4.93. The van der Waals surface area contributed by atoms with Gasteiger partial charge in [0.1, 0.15) is 0 Å². The van der Waals surface area contributed by atoms with Crippen LogP contribution in [0.1, 0.15) is 35.7 Å². The molecule has 1 fully saturated rings. The molecule has 1 amide bonds. The van der Waals surface area contributed by atoms with Crippen LogP contribution in [0.2, 0.25) is 0 Å². The third kappa shape index (κ3) is 5.18. The number of nitrogens with zero attached hydrogens (tertiary/aromatic N) is 2. The molecule has 0 bridgehead atoms. The number of primary amides is 1. The zero-order valence-corrected chi connectivity index (χ0v) is 14.7. The van der Waals surface area contributed by atoms with Crippen LogP contribution in [0.4, 0.5) is 0 Å². The first-order valence-corrected chi connectivity index (χ1v) is 7.12. The van der Waals surface area contributed by atoms with Crippen molar-refractivity contribution in [2.45, 2.75) is 26.3 Å². The number of carbonyl (C=O) groups excluding carboxylic acids is 1. The van der Waals surface area contributed by atoms with Crippen LogP contribution in [-0.2, 0) is 6.54 Å². The lowest BCUT2D eigenvalue weighted by Gasteiger charge is -2.20. The van der Waals surface area contributed by atoms with Gasteiger partial charge in [0.25, 0.3) is 0 Å². The number of aliphatic imine (C=N–C) groups is 1. The van der Waals surface area contributed by atoms with Gasteiger partial charge in [0.15, 0.2) is 5.96 Å². The number of carbonyl (C=O) groups is 1. The molecular weight excluding hydrogens is 379 g/mol. The zero-order chi connectivity index (χ0) is 14.4. The summed E-state index contributed by atoms with van der Waals surface area (Å²) in [6.45, 7) is 5.71. The molecule has 0 radical (unpaired) electrons. The summed E-state index contributed by atoms with van der Waals surface area (Å²) in [5.74, 6) is 0.578. The van der Waals surface area contributed by atoms with E-state index in [-0.39, 0.29) is 24.0 Å². The molecule has 1 aliphatic heterocycles. The maximum atomic E-state index is 11.0. The highest BCUT2D eigenvalue weighted by molar-refractivity contribution is 14.0. The topological polar surface area (TPSA) is 70.7 Å². The number of nitrogens with two attached hydrogens (primary N) is 1. The van der Waals surface area contributed by atoms with E-state index in [1.54, 1.807) is 12.1 Å². The van der Waals surface area contributed by atoms with Crippen LogP contribution in [0.25, 0.3) is 0 Å². The second-order valence-electron chi connectivity index (χ2n) is 4.93. The van der Waals surface area contributed by atoms with Gasteiger partial charge < -0.3 is 16.0 Å². The van der Waals surface area contributed by atoms with Gasteiger partial charge in [-0.1, -0.05) is 12.1 Å². The Morgan fingerprint density at radius 2 is 1.90 bits per heavy atom. The van der Waals surface area contributed by atoms with Gasteiger partial charge in [-0.25, -0.2) is 4.99 Å². The molecule has 3 N–H and O–H groups in total. The van der Waals surface area contributed by atoms with Crippen molar-refractivity contribution in [3.05, 3.63) is 35.4 Å². The van der Waals surface area contributed by atoms with Crippen LogP contribution in [0, 0.1) is 0 Å². The molecule has 0 saturated carbocycles. The zero-order valence-electron chi connectivity index (χ0n) is 12.3. The number of guanidine groups is 1. The average Bonchev–Trinajstić information content (AvgIpc) is 2.98. The highest BCUT2D eigenvalue weighted by Gasteiger charge is 2.15. The first-order chi connectivity index (χ1) is 9.70. The largest absolute Gasteiger partial charge is 0.366 e. The van der Waals surface area contributed by atoms with E-state index in [2.05, 4.69) is 22.1 Å². The number of rotatable bonds is 4. The molecule has 1 aliphatic rings. The summed E-state index contributed by atoms with van der Waals surface area (Å²) in [4.78, 5) is 18.0. The van der Waals surface area contributed by atoms with Crippen LogP contribution < -0.4 is 11.1 Å². The summed E-state index contributed by atoms with van der Waals surface area (Å²) in [5.41, 5.74) is 6.83. The van der Waals surface area contributed by atoms with Gasteiger partial charge in [0.2, 0.25) is 5.91 Å². The van der Waals surface area contributed by atoms with Crippen LogP contribution in [0.3, 0.4) is 0 Å². The van der Waals surface area contributed by atoms with Crippen molar-refractivity contribution in [1.82, 2.24) is 10.2 Å². The molecule has 1 aromatic carbocycles. The SMILES string of the molecule is CCNC(=NCc1ccc(C(N)=O)cc1)N1CCCC1.I. The first kappa shape index (κ1) is 17.7. The Labute approximate surface area is 143 Å². The van der Waals surface area contributed by atoms with E-state index in [1.807, 2.05) is 12.1 Å². The minimum Gasteiger partial charge on any atom is -0.366 e. The lowest BCUT2D eigenvalue weighted by Crippen LogP contribution is -2.39. The summed E-state index contributed by atoms with van der Waals surface area (Å²) in [6.07, 6.45) is 2.47. The molecule has 6 heteroatoms. The lowest BCUT2D eigenvalue weighted by molar-refractivity contribution is 0.100. The molecule has 0 unspecified atom stereocenters. The predicted molar refractivity (Wildman–Crippen MR) is 96.0 cm³/mol. The fourth-order valence-electron chi connectivity index (χ4n) is 2.30. The van der Waals surface area contributed by atoms with E-state index in [0.29, 0.717) is 12.1 Å². The molecule has 5 nitrogen and oxygen atoms in total. The number of likely N-dealkylation sites (tertiary alicyclic amines) is 1. The Hall–Kier alpha value is -1.31. The molecule has 0 aromatic heterocycles. The molecule has 21 heavy (non-hydrogen) atoms. The van der Waals surface area contributed by atoms with Gasteiger partial charge in [0.05, 0.1) is 6.54 Å². The van der Waals surface area contributed by atoms with E-state index < -0.39 is 5.91 Å². The summed E-state index contributed by atoms with van der Waals surface area (Å²) in [5, 5.41) is 3.33. The molecule has 0 spiro atoms. The Balaban J connectivity index is 0.00000220. The maximum Gasteiger partial charge on any atom is 0.248 e. The number of hydrogen-bond donors (Lipinski definition) is 2. The van der Waals surface area contributed by atoms with Crippen LogP contribution in [0.5, 0.6) is 0 Å². The molecule has 1 saturated heterocycles. The van der Waals surface area contributed by atoms with Gasteiger partial charge in [-0.15, -0.1) is 24.0 Å². The highest BCUT2D eigenvalue weighted by Crippen LogP contribution is 2.09. The Bertz CT molecular complexity index is 481. The normalized spacial score (nSPS) is 14.7. The van der Waals surface area contributed by atoms with Gasteiger partial charge in [0, 0.05) is 25.2 Å². The summed E-state index contributed by atoms with van der Waals surface area (Å²) >= 11 is 0. The van der Waals surface area contributed by atoms with E-state index >= 15 is 0 Å². The van der Waals surface area contributed by atoms with Crippen LogP contribution >= 0.6 is 24.0 Å². The van der Waals surface area contributed by atoms with Crippen molar-refractivity contribution in [2.24, 2.45) is 10.7 Å². The smallest absolute Gasteiger partial charge is 0.248 e. The Morgan fingerprint density at radius 3 is 2.43 bits per heavy atom. The first-order valence-electron chi connectivity index (χ1n) is 7.12. The van der Waals surface area contributed by atoms with Gasteiger partial charge in [-0.3, -0.25) is 4.79 Å². The fourth-order valence-corrected chi connectivity index (χ4v) is 2.30. The van der Waals surface area contributed by atoms with Crippen molar-refractivity contribution >= 4 is 35.8 Å². The molecular formula is C15H23IN4O. The van der Waals surface area contributed by atoms with Crippen molar-refractivity contribution in [1.29, 1.82) is 0 Å². The summed E-state index contributed by atoms with van der Waals surface area (Å²) in [7, 11) is 0. The fraction of sp³-hybridized carbons (Fsp3) is 0.467. The van der Waals surface area contributed by atoms with Crippen molar-refractivity contribution in [3.63, 3.8) is 0 Å². The van der Waals surface area contributed by atoms with Gasteiger partial charge in [-0.2, -0.15) is 0 Å². The lowest BCUT2D eigenvalue weighted by atomic mass is 10.1. The molecule has 0 aliphatic carbocycles. The Kier molecular flexibility index (Phi) is 7.49. The number of amides is 1. The molecule has 116 valence electrons. The highest BCUT2D eigenvalue weighted by atomic mass is 127. The molecule has 1 aromatic rings. The minimum atomic E-state index is -0.398. The Morgan fingerprint density at radius 1 is 1.29 bits per heavy atom. The van der Waals surface area contributed by atoms with Gasteiger partial charge in [-0.05, 0) is 37.5 Å². The average molecular weight is 402 g/mol. The quantitative estimate of drug-likeness (QED) is 0.460.